The summed E-state index contributed by atoms with van der Waals surface area (Å²) in [5.74, 6) is 0.199. The Bertz CT molecular complexity index is 518. The number of sulfone groups is 1. The lowest BCUT2D eigenvalue weighted by molar-refractivity contribution is 0.442. The highest BCUT2D eigenvalue weighted by molar-refractivity contribution is 7.91. The molecule has 1 aromatic rings. The third-order valence-corrected chi connectivity index (χ3v) is 5.19. The largest absolute Gasteiger partial charge is 0.383 e. The van der Waals surface area contributed by atoms with Gasteiger partial charge in [-0.2, -0.15) is 0 Å². The third kappa shape index (κ3) is 1.94. The summed E-state index contributed by atoms with van der Waals surface area (Å²) in [5, 5.41) is 3.23. The van der Waals surface area contributed by atoms with E-state index in [4.69, 9.17) is 0 Å². The number of aryl methyl sites for hydroxylation is 1. The van der Waals surface area contributed by atoms with Crippen molar-refractivity contribution in [3.05, 3.63) is 23.8 Å². The lowest BCUT2D eigenvalue weighted by Crippen LogP contribution is -2.28. The van der Waals surface area contributed by atoms with Crippen LogP contribution in [0.1, 0.15) is 19.4 Å². The third-order valence-electron chi connectivity index (χ3n) is 2.86. The standard InChI is InChI=1S/C12H17NO2S/c1-9-5-4-6-10-11(9)16(14,15)8-12(2,3)7-13-10/h4-6,13H,7-8H2,1-3H3. The van der Waals surface area contributed by atoms with Crippen LogP contribution in [-0.4, -0.2) is 20.7 Å². The highest BCUT2D eigenvalue weighted by Crippen LogP contribution is 2.34. The second kappa shape index (κ2) is 3.48. The summed E-state index contributed by atoms with van der Waals surface area (Å²) in [7, 11) is -3.18. The van der Waals surface area contributed by atoms with E-state index in [0.29, 0.717) is 11.4 Å². The summed E-state index contributed by atoms with van der Waals surface area (Å²) >= 11 is 0. The van der Waals surface area contributed by atoms with Crippen molar-refractivity contribution in [2.75, 3.05) is 17.6 Å². The first-order valence-corrected chi connectivity index (χ1v) is 7.03. The number of nitrogens with one attached hydrogen (secondary N) is 1. The van der Waals surface area contributed by atoms with Gasteiger partial charge in [-0.15, -0.1) is 0 Å². The van der Waals surface area contributed by atoms with E-state index in [0.717, 1.165) is 11.3 Å². The average molecular weight is 239 g/mol. The van der Waals surface area contributed by atoms with Crippen molar-refractivity contribution in [3.63, 3.8) is 0 Å². The van der Waals surface area contributed by atoms with Gasteiger partial charge in [-0.05, 0) is 24.0 Å². The normalized spacial score (nSPS) is 21.7. The fourth-order valence-corrected chi connectivity index (χ4v) is 4.49. The maximum atomic E-state index is 12.3. The van der Waals surface area contributed by atoms with Crippen LogP contribution in [0.3, 0.4) is 0 Å². The minimum atomic E-state index is -3.18. The summed E-state index contributed by atoms with van der Waals surface area (Å²) in [6.07, 6.45) is 0. The number of benzene rings is 1. The molecule has 0 radical (unpaired) electrons. The minimum Gasteiger partial charge on any atom is -0.383 e. The first-order chi connectivity index (χ1) is 7.32. The molecule has 0 aromatic heterocycles. The highest BCUT2D eigenvalue weighted by Gasteiger charge is 2.33. The summed E-state index contributed by atoms with van der Waals surface area (Å²) in [4.78, 5) is 0.473. The number of fused-ring (bicyclic) bond motifs is 1. The topological polar surface area (TPSA) is 46.2 Å². The van der Waals surface area contributed by atoms with Gasteiger partial charge in [-0.1, -0.05) is 26.0 Å². The van der Waals surface area contributed by atoms with Crippen LogP contribution in [0.15, 0.2) is 23.1 Å². The van der Waals surface area contributed by atoms with E-state index in [1.165, 1.54) is 0 Å². The highest BCUT2D eigenvalue weighted by atomic mass is 32.2. The van der Waals surface area contributed by atoms with Crippen molar-refractivity contribution in [1.82, 2.24) is 0 Å². The predicted molar refractivity (Wildman–Crippen MR) is 65.5 cm³/mol. The molecule has 0 amide bonds. The van der Waals surface area contributed by atoms with E-state index in [9.17, 15) is 8.42 Å². The van der Waals surface area contributed by atoms with Crippen LogP contribution in [-0.2, 0) is 9.84 Å². The van der Waals surface area contributed by atoms with Crippen LogP contribution in [0.4, 0.5) is 5.69 Å². The van der Waals surface area contributed by atoms with Crippen molar-refractivity contribution >= 4 is 15.5 Å². The molecule has 1 N–H and O–H groups in total. The van der Waals surface area contributed by atoms with Crippen molar-refractivity contribution in [2.45, 2.75) is 25.7 Å². The molecule has 0 aliphatic carbocycles. The van der Waals surface area contributed by atoms with Gasteiger partial charge in [0, 0.05) is 6.54 Å². The summed E-state index contributed by atoms with van der Waals surface area (Å²) < 4.78 is 24.6. The Kier molecular flexibility index (Phi) is 2.49. The van der Waals surface area contributed by atoms with Crippen LogP contribution in [0.2, 0.25) is 0 Å². The van der Waals surface area contributed by atoms with Gasteiger partial charge in [0.1, 0.15) is 0 Å². The lowest BCUT2D eigenvalue weighted by atomic mass is 9.96. The monoisotopic (exact) mass is 239 g/mol. The van der Waals surface area contributed by atoms with Gasteiger partial charge in [0.25, 0.3) is 0 Å². The summed E-state index contributed by atoms with van der Waals surface area (Å²) in [6, 6.07) is 5.56. The number of hydrogen-bond donors (Lipinski definition) is 1. The van der Waals surface area contributed by atoms with E-state index in [2.05, 4.69) is 5.32 Å². The first-order valence-electron chi connectivity index (χ1n) is 5.38. The van der Waals surface area contributed by atoms with Crippen molar-refractivity contribution in [1.29, 1.82) is 0 Å². The zero-order valence-electron chi connectivity index (χ0n) is 9.87. The molecule has 0 atom stereocenters. The van der Waals surface area contributed by atoms with Gasteiger partial charge in [0.15, 0.2) is 9.84 Å². The molecule has 0 fully saturated rings. The Morgan fingerprint density at radius 2 is 2.00 bits per heavy atom. The molecule has 0 saturated carbocycles. The van der Waals surface area contributed by atoms with E-state index in [-0.39, 0.29) is 11.2 Å². The Hall–Kier alpha value is -1.03. The maximum absolute atomic E-state index is 12.3. The molecule has 1 aliphatic heterocycles. The van der Waals surface area contributed by atoms with Gasteiger partial charge in [0.05, 0.1) is 16.3 Å². The average Bonchev–Trinajstić information content (AvgIpc) is 2.20. The lowest BCUT2D eigenvalue weighted by Gasteiger charge is -2.21. The molecule has 0 unspecified atom stereocenters. The van der Waals surface area contributed by atoms with Gasteiger partial charge >= 0.3 is 0 Å². The molecule has 16 heavy (non-hydrogen) atoms. The molecule has 2 rings (SSSR count). The summed E-state index contributed by atoms with van der Waals surface area (Å²) in [6.45, 7) is 6.47. The van der Waals surface area contributed by atoms with Crippen LogP contribution >= 0.6 is 0 Å². The van der Waals surface area contributed by atoms with Gasteiger partial charge in [-0.25, -0.2) is 8.42 Å². The van der Waals surface area contributed by atoms with Crippen LogP contribution < -0.4 is 5.32 Å². The number of hydrogen-bond acceptors (Lipinski definition) is 3. The van der Waals surface area contributed by atoms with Crippen LogP contribution in [0.25, 0.3) is 0 Å². The van der Waals surface area contributed by atoms with Gasteiger partial charge < -0.3 is 5.32 Å². The molecular formula is C12H17NO2S. The minimum absolute atomic E-state index is 0.199. The molecule has 1 aromatic carbocycles. The summed E-state index contributed by atoms with van der Waals surface area (Å²) in [5.41, 5.74) is 1.33. The molecule has 4 heteroatoms. The smallest absolute Gasteiger partial charge is 0.181 e. The number of anilines is 1. The second-order valence-electron chi connectivity index (χ2n) is 5.23. The molecule has 0 bridgehead atoms. The van der Waals surface area contributed by atoms with Crippen LogP contribution in [0.5, 0.6) is 0 Å². The zero-order chi connectivity index (χ0) is 12.0. The maximum Gasteiger partial charge on any atom is 0.181 e. The van der Waals surface area contributed by atoms with Gasteiger partial charge in [0.2, 0.25) is 0 Å². The molecule has 1 heterocycles. The van der Waals surface area contributed by atoms with Crippen LogP contribution in [0, 0.1) is 12.3 Å². The van der Waals surface area contributed by atoms with Gasteiger partial charge in [-0.3, -0.25) is 0 Å². The quantitative estimate of drug-likeness (QED) is 0.755. The molecular weight excluding hydrogens is 222 g/mol. The Morgan fingerprint density at radius 3 is 2.69 bits per heavy atom. The predicted octanol–water partition coefficient (Wildman–Crippen LogP) is 2.22. The molecule has 3 nitrogen and oxygen atoms in total. The molecule has 1 aliphatic rings. The number of rotatable bonds is 0. The van der Waals surface area contributed by atoms with Crippen molar-refractivity contribution in [2.24, 2.45) is 5.41 Å². The Morgan fingerprint density at radius 1 is 1.31 bits per heavy atom. The van der Waals surface area contributed by atoms with Crippen molar-refractivity contribution < 1.29 is 8.42 Å². The van der Waals surface area contributed by atoms with E-state index in [1.807, 2.05) is 39.0 Å². The SMILES string of the molecule is Cc1cccc2c1S(=O)(=O)CC(C)(C)CN2. The second-order valence-corrected chi connectivity index (χ2v) is 7.15. The Balaban J connectivity index is 2.66. The fourth-order valence-electron chi connectivity index (χ4n) is 2.18. The molecule has 0 saturated heterocycles. The van der Waals surface area contributed by atoms with E-state index >= 15 is 0 Å². The Labute approximate surface area is 96.8 Å². The molecule has 0 spiro atoms. The van der Waals surface area contributed by atoms with E-state index < -0.39 is 9.84 Å². The van der Waals surface area contributed by atoms with Crippen molar-refractivity contribution in [3.8, 4) is 0 Å². The first kappa shape index (κ1) is 11.5. The zero-order valence-corrected chi connectivity index (χ0v) is 10.7. The molecule has 88 valence electrons. The fraction of sp³-hybridized carbons (Fsp3) is 0.500. The van der Waals surface area contributed by atoms with E-state index in [1.54, 1.807) is 0 Å².